The number of nitrogens with zero attached hydrogens (tertiary/aromatic N) is 5. The van der Waals surface area contributed by atoms with E-state index >= 15 is 0 Å². The Kier molecular flexibility index (Phi) is 4.84. The van der Waals surface area contributed by atoms with Gasteiger partial charge in [-0.2, -0.15) is 4.98 Å². The molecule has 0 radical (unpaired) electrons. The third-order valence-electron chi connectivity index (χ3n) is 4.67. The summed E-state index contributed by atoms with van der Waals surface area (Å²) in [7, 11) is 1.38. The normalized spacial score (nSPS) is 14.6. The zero-order chi connectivity index (χ0) is 19.0. The topological polar surface area (TPSA) is 71.5 Å². The Morgan fingerprint density at radius 2 is 1.93 bits per heavy atom. The molecule has 0 unspecified atom stereocenters. The highest BCUT2D eigenvalue weighted by atomic mass is 35.5. The minimum absolute atomic E-state index is 0.183. The Labute approximate surface area is 165 Å². The molecule has 7 nitrogen and oxygen atoms in total. The zero-order valence-electron chi connectivity index (χ0n) is 15.0. The van der Waals surface area contributed by atoms with E-state index in [1.54, 1.807) is 6.20 Å². The molecular weight excluding hydrogens is 386 g/mol. The fourth-order valence-corrected chi connectivity index (χ4v) is 4.61. The first-order valence-corrected chi connectivity index (χ1v) is 9.74. The van der Waals surface area contributed by atoms with Crippen LogP contribution in [0.3, 0.4) is 0 Å². The van der Waals surface area contributed by atoms with Gasteiger partial charge in [-0.25, -0.2) is 14.8 Å². The molecule has 0 amide bonds. The van der Waals surface area contributed by atoms with E-state index in [1.807, 2.05) is 25.1 Å². The molecule has 0 aromatic carbocycles. The third kappa shape index (κ3) is 3.30. The molecule has 140 valence electrons. The second-order valence-electron chi connectivity index (χ2n) is 6.21. The minimum Gasteiger partial charge on any atom is -0.465 e. The summed E-state index contributed by atoms with van der Waals surface area (Å²) in [6, 6.07) is 5.92. The second kappa shape index (κ2) is 7.28. The minimum atomic E-state index is -0.363. The summed E-state index contributed by atoms with van der Waals surface area (Å²) in [5, 5.41) is 1.05. The summed E-state index contributed by atoms with van der Waals surface area (Å²) in [5.74, 6) is 1.38. The monoisotopic (exact) mass is 403 g/mol. The van der Waals surface area contributed by atoms with E-state index in [9.17, 15) is 4.79 Å². The molecule has 1 saturated heterocycles. The number of aryl methyl sites for hydroxylation is 1. The van der Waals surface area contributed by atoms with Gasteiger partial charge in [0.2, 0.25) is 5.28 Å². The molecule has 0 aliphatic carbocycles. The molecule has 4 rings (SSSR count). The Bertz CT molecular complexity index is 986. The van der Waals surface area contributed by atoms with Gasteiger partial charge in [0.1, 0.15) is 21.3 Å². The number of halogens is 1. The number of ether oxygens (including phenoxy) is 1. The molecule has 3 aromatic heterocycles. The van der Waals surface area contributed by atoms with Crippen molar-refractivity contribution in [3.63, 3.8) is 0 Å². The van der Waals surface area contributed by atoms with E-state index in [-0.39, 0.29) is 11.3 Å². The highest BCUT2D eigenvalue weighted by molar-refractivity contribution is 7.20. The number of anilines is 2. The summed E-state index contributed by atoms with van der Waals surface area (Å²) in [5.41, 5.74) is 0.834. The maximum Gasteiger partial charge on any atom is 0.348 e. The summed E-state index contributed by atoms with van der Waals surface area (Å²) in [4.78, 5) is 31.0. The number of methoxy groups -OCH3 is 1. The van der Waals surface area contributed by atoms with Crippen LogP contribution in [0.2, 0.25) is 5.28 Å². The summed E-state index contributed by atoms with van der Waals surface area (Å²) >= 11 is 7.45. The first-order chi connectivity index (χ1) is 13.1. The van der Waals surface area contributed by atoms with Crippen LogP contribution in [-0.2, 0) is 4.74 Å². The van der Waals surface area contributed by atoms with Gasteiger partial charge in [0.15, 0.2) is 0 Å². The number of carbonyl (C=O) groups excluding carboxylic acids is 1. The highest BCUT2D eigenvalue weighted by Crippen LogP contribution is 2.37. The smallest absolute Gasteiger partial charge is 0.348 e. The van der Waals surface area contributed by atoms with Crippen LogP contribution in [0.15, 0.2) is 24.4 Å². The van der Waals surface area contributed by atoms with Crippen molar-refractivity contribution in [3.8, 4) is 0 Å². The van der Waals surface area contributed by atoms with Crippen molar-refractivity contribution < 1.29 is 9.53 Å². The number of piperazine rings is 1. The van der Waals surface area contributed by atoms with Gasteiger partial charge in [-0.1, -0.05) is 6.07 Å². The van der Waals surface area contributed by atoms with Gasteiger partial charge in [0.05, 0.1) is 12.5 Å². The van der Waals surface area contributed by atoms with Crippen molar-refractivity contribution in [1.82, 2.24) is 15.0 Å². The molecule has 9 heteroatoms. The zero-order valence-corrected chi connectivity index (χ0v) is 16.5. The van der Waals surface area contributed by atoms with Crippen LogP contribution in [0.5, 0.6) is 0 Å². The third-order valence-corrected chi connectivity index (χ3v) is 6.00. The number of esters is 1. The van der Waals surface area contributed by atoms with E-state index in [2.05, 4.69) is 24.8 Å². The van der Waals surface area contributed by atoms with Crippen LogP contribution in [0, 0.1) is 6.92 Å². The number of fused-ring (bicyclic) bond motifs is 1. The molecular formula is C18H18ClN5O2S. The standard InChI is InChI=1S/C18H18ClN5O2S/c1-11-13-15(21-18(19)22-16(13)27-14(11)17(25)26-2)24-9-7-23(8-10-24)12-5-3-4-6-20-12/h3-6H,7-10H2,1-2H3. The summed E-state index contributed by atoms with van der Waals surface area (Å²) < 4.78 is 4.89. The number of pyridine rings is 1. The van der Waals surface area contributed by atoms with Crippen molar-refractivity contribution >= 4 is 50.8 Å². The average molecular weight is 404 g/mol. The van der Waals surface area contributed by atoms with Gasteiger partial charge in [0.25, 0.3) is 0 Å². The number of hydrogen-bond acceptors (Lipinski definition) is 8. The van der Waals surface area contributed by atoms with Crippen molar-refractivity contribution in [2.45, 2.75) is 6.92 Å². The van der Waals surface area contributed by atoms with Crippen LogP contribution >= 0.6 is 22.9 Å². The number of aromatic nitrogens is 3. The van der Waals surface area contributed by atoms with E-state index < -0.39 is 0 Å². The van der Waals surface area contributed by atoms with Gasteiger partial charge in [-0.15, -0.1) is 11.3 Å². The predicted octanol–water partition coefficient (Wildman–Crippen LogP) is 3.16. The van der Waals surface area contributed by atoms with Crippen LogP contribution in [0.25, 0.3) is 10.2 Å². The lowest BCUT2D eigenvalue weighted by atomic mass is 10.2. The second-order valence-corrected chi connectivity index (χ2v) is 7.54. The van der Waals surface area contributed by atoms with E-state index in [4.69, 9.17) is 16.3 Å². The van der Waals surface area contributed by atoms with E-state index in [0.29, 0.717) is 9.71 Å². The SMILES string of the molecule is COC(=O)c1sc2nc(Cl)nc(N3CCN(c4ccccn4)CC3)c2c1C. The molecule has 1 fully saturated rings. The first-order valence-electron chi connectivity index (χ1n) is 8.54. The lowest BCUT2D eigenvalue weighted by Crippen LogP contribution is -2.47. The maximum atomic E-state index is 12.1. The van der Waals surface area contributed by atoms with Gasteiger partial charge < -0.3 is 14.5 Å². The Morgan fingerprint density at radius 3 is 2.59 bits per heavy atom. The van der Waals surface area contributed by atoms with Gasteiger partial charge >= 0.3 is 5.97 Å². The molecule has 27 heavy (non-hydrogen) atoms. The number of thiophene rings is 1. The maximum absolute atomic E-state index is 12.1. The van der Waals surface area contributed by atoms with Crippen molar-refractivity contribution in [2.24, 2.45) is 0 Å². The molecule has 0 N–H and O–H groups in total. The predicted molar refractivity (Wildman–Crippen MR) is 107 cm³/mol. The van der Waals surface area contributed by atoms with Crippen LogP contribution in [0.1, 0.15) is 15.2 Å². The van der Waals surface area contributed by atoms with Gasteiger partial charge in [-0.3, -0.25) is 0 Å². The van der Waals surface area contributed by atoms with Crippen molar-refractivity contribution in [3.05, 3.63) is 40.1 Å². The summed E-state index contributed by atoms with van der Waals surface area (Å²) in [6.07, 6.45) is 1.80. The molecule has 0 saturated carbocycles. The molecule has 0 bridgehead atoms. The van der Waals surface area contributed by atoms with E-state index in [0.717, 1.165) is 48.8 Å². The average Bonchev–Trinajstić information content (AvgIpc) is 3.04. The number of rotatable bonds is 3. The lowest BCUT2D eigenvalue weighted by Gasteiger charge is -2.36. The highest BCUT2D eigenvalue weighted by Gasteiger charge is 2.26. The number of hydrogen-bond donors (Lipinski definition) is 0. The van der Waals surface area contributed by atoms with Gasteiger partial charge in [0, 0.05) is 32.4 Å². The fourth-order valence-electron chi connectivity index (χ4n) is 3.30. The van der Waals surface area contributed by atoms with Crippen LogP contribution < -0.4 is 9.80 Å². The molecule has 1 aliphatic heterocycles. The molecule has 3 aromatic rings. The van der Waals surface area contributed by atoms with Crippen LogP contribution in [-0.4, -0.2) is 54.2 Å². The fraction of sp³-hybridized carbons (Fsp3) is 0.333. The van der Waals surface area contributed by atoms with Crippen molar-refractivity contribution in [1.29, 1.82) is 0 Å². The van der Waals surface area contributed by atoms with Crippen LogP contribution in [0.4, 0.5) is 11.6 Å². The molecule has 1 aliphatic rings. The number of carbonyl (C=O) groups is 1. The first kappa shape index (κ1) is 17.9. The van der Waals surface area contributed by atoms with Gasteiger partial charge in [-0.05, 0) is 36.2 Å². The quantitative estimate of drug-likeness (QED) is 0.491. The molecule has 0 atom stereocenters. The van der Waals surface area contributed by atoms with Crippen molar-refractivity contribution in [2.75, 3.05) is 43.1 Å². The molecule has 4 heterocycles. The summed E-state index contributed by atoms with van der Waals surface area (Å²) in [6.45, 7) is 5.11. The largest absolute Gasteiger partial charge is 0.465 e. The Morgan fingerprint density at radius 1 is 1.19 bits per heavy atom. The molecule has 0 spiro atoms. The lowest BCUT2D eigenvalue weighted by molar-refractivity contribution is 0.0605. The Balaban J connectivity index is 1.66. The van der Waals surface area contributed by atoms with E-state index in [1.165, 1.54) is 18.4 Å². The Hall–Kier alpha value is -2.45.